The molecule has 0 unspecified atom stereocenters. The number of nitrogens with one attached hydrogen (secondary N) is 1. The highest BCUT2D eigenvalue weighted by Gasteiger charge is 2.37. The summed E-state index contributed by atoms with van der Waals surface area (Å²) in [5.41, 5.74) is 2.63. The molecule has 0 amide bonds. The zero-order chi connectivity index (χ0) is 18.5. The van der Waals surface area contributed by atoms with Crippen LogP contribution in [0.1, 0.15) is 23.5 Å². The van der Waals surface area contributed by atoms with E-state index in [9.17, 15) is 0 Å². The lowest BCUT2D eigenvalue weighted by Gasteiger charge is -2.32. The van der Waals surface area contributed by atoms with E-state index in [1.165, 1.54) is 50.3 Å². The summed E-state index contributed by atoms with van der Waals surface area (Å²) in [4.78, 5) is 4.98. The fourth-order valence-corrected chi connectivity index (χ4v) is 3.82. The molecular formula is C23H33Cl2N3O. The SMILES string of the molecule is CN1CCN(CCN[C@@H]2C[C@H]2c2ccc(OCc3ccccc3)cc2)CC1.Cl.Cl. The number of likely N-dealkylation sites (N-methyl/N-ethyl adjacent to an activating group) is 1. The lowest BCUT2D eigenvalue weighted by molar-refractivity contribution is 0.154. The summed E-state index contributed by atoms with van der Waals surface area (Å²) in [6.07, 6.45) is 1.26. The molecule has 2 fully saturated rings. The Bertz CT molecular complexity index is 706. The lowest BCUT2D eigenvalue weighted by Crippen LogP contribution is -2.46. The summed E-state index contributed by atoms with van der Waals surface area (Å²) in [5, 5.41) is 3.74. The molecular weight excluding hydrogens is 405 g/mol. The van der Waals surface area contributed by atoms with Gasteiger partial charge in [-0.15, -0.1) is 24.8 Å². The first-order valence-electron chi connectivity index (χ1n) is 10.2. The zero-order valence-electron chi connectivity index (χ0n) is 17.1. The zero-order valence-corrected chi connectivity index (χ0v) is 18.8. The van der Waals surface area contributed by atoms with Crippen molar-refractivity contribution in [1.82, 2.24) is 15.1 Å². The standard InChI is InChI=1S/C23H31N3O.2ClH/c1-25-13-15-26(16-14-25)12-11-24-23-17-22(23)20-7-9-21(10-8-20)27-18-19-5-3-2-4-6-19;;/h2-10,22-24H,11-18H2,1H3;2*1H/t22-,23+;;/m0../s1. The second-order valence-electron chi connectivity index (χ2n) is 7.89. The number of ether oxygens (including phenoxy) is 1. The van der Waals surface area contributed by atoms with Crippen LogP contribution in [0.2, 0.25) is 0 Å². The van der Waals surface area contributed by atoms with Gasteiger partial charge in [-0.2, -0.15) is 0 Å². The van der Waals surface area contributed by atoms with Crippen molar-refractivity contribution in [2.45, 2.75) is 25.0 Å². The van der Waals surface area contributed by atoms with Crippen LogP contribution in [0.25, 0.3) is 0 Å². The van der Waals surface area contributed by atoms with Gasteiger partial charge in [0.25, 0.3) is 0 Å². The first-order valence-corrected chi connectivity index (χ1v) is 10.2. The molecule has 0 aromatic heterocycles. The van der Waals surface area contributed by atoms with Gasteiger partial charge in [0.2, 0.25) is 0 Å². The van der Waals surface area contributed by atoms with Gasteiger partial charge in [-0.1, -0.05) is 42.5 Å². The third kappa shape index (κ3) is 7.16. The van der Waals surface area contributed by atoms with E-state index < -0.39 is 0 Å². The molecule has 1 aliphatic carbocycles. The van der Waals surface area contributed by atoms with Crippen LogP contribution in [0.4, 0.5) is 0 Å². The van der Waals surface area contributed by atoms with Gasteiger partial charge < -0.3 is 15.0 Å². The fourth-order valence-electron chi connectivity index (χ4n) is 3.82. The number of halogens is 2. The van der Waals surface area contributed by atoms with E-state index in [1.807, 2.05) is 18.2 Å². The molecule has 6 heteroatoms. The molecule has 2 aliphatic rings. The Kier molecular flexibility index (Phi) is 9.73. The first-order chi connectivity index (χ1) is 13.3. The monoisotopic (exact) mass is 437 g/mol. The smallest absolute Gasteiger partial charge is 0.119 e. The molecule has 1 N–H and O–H groups in total. The summed E-state index contributed by atoms with van der Waals surface area (Å²) in [6, 6.07) is 19.6. The predicted octanol–water partition coefficient (Wildman–Crippen LogP) is 3.80. The fraction of sp³-hybridized carbons (Fsp3) is 0.478. The molecule has 1 saturated carbocycles. The van der Waals surface area contributed by atoms with Crippen LogP contribution < -0.4 is 10.1 Å². The molecule has 1 saturated heterocycles. The van der Waals surface area contributed by atoms with Crippen molar-refractivity contribution in [1.29, 1.82) is 0 Å². The minimum Gasteiger partial charge on any atom is -0.489 e. The van der Waals surface area contributed by atoms with Crippen molar-refractivity contribution in [2.75, 3.05) is 46.3 Å². The average Bonchev–Trinajstić information content (AvgIpc) is 3.49. The van der Waals surface area contributed by atoms with Gasteiger partial charge in [-0.05, 0) is 36.7 Å². The molecule has 4 nitrogen and oxygen atoms in total. The average molecular weight is 438 g/mol. The van der Waals surface area contributed by atoms with Crippen molar-refractivity contribution in [3.63, 3.8) is 0 Å². The molecule has 29 heavy (non-hydrogen) atoms. The Labute approximate surface area is 187 Å². The van der Waals surface area contributed by atoms with Crippen LogP contribution in [0.3, 0.4) is 0 Å². The Hall–Kier alpha value is -1.30. The number of hydrogen-bond donors (Lipinski definition) is 1. The molecule has 0 radical (unpaired) electrons. The molecule has 160 valence electrons. The molecule has 1 heterocycles. The van der Waals surface area contributed by atoms with Gasteiger partial charge in [0, 0.05) is 51.2 Å². The number of nitrogens with zero attached hydrogens (tertiary/aromatic N) is 2. The predicted molar refractivity (Wildman–Crippen MR) is 125 cm³/mol. The highest BCUT2D eigenvalue weighted by Crippen LogP contribution is 2.41. The number of piperazine rings is 1. The van der Waals surface area contributed by atoms with E-state index in [2.05, 4.69) is 58.6 Å². The van der Waals surface area contributed by atoms with Gasteiger partial charge in [0.15, 0.2) is 0 Å². The van der Waals surface area contributed by atoms with Crippen LogP contribution >= 0.6 is 24.8 Å². The first kappa shape index (κ1) is 24.0. The third-order valence-corrected chi connectivity index (χ3v) is 5.78. The minimum atomic E-state index is 0. The molecule has 0 bridgehead atoms. The second kappa shape index (κ2) is 11.8. The maximum atomic E-state index is 5.89. The van der Waals surface area contributed by atoms with E-state index in [1.54, 1.807) is 0 Å². The minimum absolute atomic E-state index is 0. The van der Waals surface area contributed by atoms with Crippen molar-refractivity contribution >= 4 is 24.8 Å². The van der Waals surface area contributed by atoms with Crippen LogP contribution in [0.5, 0.6) is 5.75 Å². The number of hydrogen-bond acceptors (Lipinski definition) is 4. The molecule has 2 aromatic carbocycles. The highest BCUT2D eigenvalue weighted by atomic mass is 35.5. The van der Waals surface area contributed by atoms with E-state index in [4.69, 9.17) is 4.74 Å². The van der Waals surface area contributed by atoms with Crippen molar-refractivity contribution < 1.29 is 4.74 Å². The summed E-state index contributed by atoms with van der Waals surface area (Å²) in [7, 11) is 2.21. The largest absolute Gasteiger partial charge is 0.489 e. The maximum absolute atomic E-state index is 5.89. The van der Waals surface area contributed by atoms with Gasteiger partial charge >= 0.3 is 0 Å². The summed E-state index contributed by atoms with van der Waals surface area (Å²) in [5.74, 6) is 1.61. The summed E-state index contributed by atoms with van der Waals surface area (Å²) >= 11 is 0. The topological polar surface area (TPSA) is 27.7 Å². The van der Waals surface area contributed by atoms with E-state index >= 15 is 0 Å². The molecule has 2 aromatic rings. The molecule has 2 atom stereocenters. The third-order valence-electron chi connectivity index (χ3n) is 5.78. The normalized spacial score (nSPS) is 21.7. The Balaban J connectivity index is 0.00000150. The van der Waals surface area contributed by atoms with E-state index in [0.717, 1.165) is 12.3 Å². The van der Waals surface area contributed by atoms with Crippen LogP contribution in [0, 0.1) is 0 Å². The van der Waals surface area contributed by atoms with Crippen molar-refractivity contribution in [2.24, 2.45) is 0 Å². The van der Waals surface area contributed by atoms with Gasteiger partial charge in [0.1, 0.15) is 12.4 Å². The van der Waals surface area contributed by atoms with E-state index in [0.29, 0.717) is 18.6 Å². The summed E-state index contributed by atoms with van der Waals surface area (Å²) < 4.78 is 5.89. The molecule has 1 aliphatic heterocycles. The van der Waals surface area contributed by atoms with Gasteiger partial charge in [0.05, 0.1) is 0 Å². The van der Waals surface area contributed by atoms with Gasteiger partial charge in [-0.25, -0.2) is 0 Å². The Morgan fingerprint density at radius 3 is 2.31 bits per heavy atom. The maximum Gasteiger partial charge on any atom is 0.119 e. The van der Waals surface area contributed by atoms with Crippen LogP contribution in [-0.2, 0) is 6.61 Å². The molecule has 4 rings (SSSR count). The van der Waals surface area contributed by atoms with Gasteiger partial charge in [-0.3, -0.25) is 4.90 Å². The molecule has 0 spiro atoms. The lowest BCUT2D eigenvalue weighted by atomic mass is 10.1. The summed E-state index contributed by atoms with van der Waals surface area (Å²) in [6.45, 7) is 7.70. The second-order valence-corrected chi connectivity index (χ2v) is 7.89. The van der Waals surface area contributed by atoms with Crippen LogP contribution in [0.15, 0.2) is 54.6 Å². The Morgan fingerprint density at radius 2 is 1.62 bits per heavy atom. The van der Waals surface area contributed by atoms with Crippen molar-refractivity contribution in [3.8, 4) is 5.75 Å². The van der Waals surface area contributed by atoms with E-state index in [-0.39, 0.29) is 24.8 Å². The van der Waals surface area contributed by atoms with Crippen molar-refractivity contribution in [3.05, 3.63) is 65.7 Å². The van der Waals surface area contributed by atoms with Crippen LogP contribution in [-0.4, -0.2) is 62.2 Å². The quantitative estimate of drug-likeness (QED) is 0.679. The highest BCUT2D eigenvalue weighted by molar-refractivity contribution is 5.85. The number of benzene rings is 2. The Morgan fingerprint density at radius 1 is 0.931 bits per heavy atom. The number of rotatable bonds is 8.